The van der Waals surface area contributed by atoms with Gasteiger partial charge in [-0.15, -0.1) is 0 Å². The van der Waals surface area contributed by atoms with Gasteiger partial charge in [-0.1, -0.05) is 24.3 Å². The van der Waals surface area contributed by atoms with Crippen LogP contribution < -0.4 is 15.5 Å². The maximum Gasteiger partial charge on any atom is 0.223 e. The highest BCUT2D eigenvalue weighted by molar-refractivity contribution is 5.75. The molecule has 3 N–H and O–H groups in total. The second kappa shape index (κ2) is 9.95. The molecule has 0 radical (unpaired) electrons. The van der Waals surface area contributed by atoms with Crippen molar-refractivity contribution in [2.75, 3.05) is 12.4 Å². The molecule has 0 spiro atoms. The topological polar surface area (TPSA) is 101 Å². The Kier molecular flexibility index (Phi) is 7.10. The van der Waals surface area contributed by atoms with Crippen LogP contribution in [-0.4, -0.2) is 27.7 Å². The first kappa shape index (κ1) is 22.1. The van der Waals surface area contributed by atoms with E-state index in [0.29, 0.717) is 11.4 Å². The summed E-state index contributed by atoms with van der Waals surface area (Å²) >= 11 is 0. The highest BCUT2D eigenvalue weighted by Crippen LogP contribution is 2.24. The molecular weight excluding hydrogens is 396 g/mol. The Morgan fingerprint density at radius 2 is 1.68 bits per heavy atom. The first-order valence-corrected chi connectivity index (χ1v) is 9.96. The van der Waals surface area contributed by atoms with Crippen LogP contribution in [0.15, 0.2) is 59.4 Å². The van der Waals surface area contributed by atoms with Crippen molar-refractivity contribution in [1.82, 2.24) is 4.57 Å². The Bertz CT molecular complexity index is 1100. The first-order valence-electron chi connectivity index (χ1n) is 9.96. The molecule has 1 heterocycles. The number of anilines is 1. The number of nitrogens with zero attached hydrogens (tertiary/aromatic N) is 1. The molecule has 31 heavy (non-hydrogen) atoms. The van der Waals surface area contributed by atoms with Crippen LogP contribution >= 0.6 is 0 Å². The standard InChI is InChI=1S/C24H26N2O5/c1-16(28)11-12-26-20(15-27)13-23(29)24(30)22(26)14-25-19-7-3-17(4-8-19)18-5-9-21(31-2)10-6-18/h3-10,13,25,27,30H,11-12,14-15H2,1-2H3. The number of ketones is 1. The molecule has 1 aromatic heterocycles. The van der Waals surface area contributed by atoms with E-state index in [9.17, 15) is 19.8 Å². The summed E-state index contributed by atoms with van der Waals surface area (Å²) in [5.74, 6) is 0.390. The van der Waals surface area contributed by atoms with Crippen molar-refractivity contribution in [3.63, 3.8) is 0 Å². The Morgan fingerprint density at radius 1 is 1.06 bits per heavy atom. The first-order chi connectivity index (χ1) is 14.9. The number of methoxy groups -OCH3 is 1. The lowest BCUT2D eigenvalue weighted by Gasteiger charge is -2.19. The Labute approximate surface area is 180 Å². The molecular formula is C24H26N2O5. The maximum absolute atomic E-state index is 12.1. The molecule has 3 rings (SSSR count). The molecule has 0 saturated heterocycles. The van der Waals surface area contributed by atoms with Gasteiger partial charge >= 0.3 is 0 Å². The van der Waals surface area contributed by atoms with Crippen molar-refractivity contribution in [2.45, 2.75) is 33.0 Å². The fourth-order valence-corrected chi connectivity index (χ4v) is 3.35. The van der Waals surface area contributed by atoms with Crippen molar-refractivity contribution < 1.29 is 19.7 Å². The van der Waals surface area contributed by atoms with E-state index in [2.05, 4.69) is 5.32 Å². The molecule has 0 saturated carbocycles. The number of hydrogen-bond donors (Lipinski definition) is 3. The van der Waals surface area contributed by atoms with E-state index in [1.54, 1.807) is 11.7 Å². The van der Waals surface area contributed by atoms with Crippen LogP contribution in [0.2, 0.25) is 0 Å². The summed E-state index contributed by atoms with van der Waals surface area (Å²) in [6.07, 6.45) is 0.235. The average Bonchev–Trinajstić information content (AvgIpc) is 2.79. The number of carbonyl (C=O) groups is 1. The quantitative estimate of drug-likeness (QED) is 0.489. The summed E-state index contributed by atoms with van der Waals surface area (Å²) in [6.45, 7) is 1.54. The maximum atomic E-state index is 12.1. The Balaban J connectivity index is 1.80. The third-order valence-corrected chi connectivity index (χ3v) is 5.09. The van der Waals surface area contributed by atoms with Gasteiger partial charge in [0.15, 0.2) is 5.75 Å². The lowest BCUT2D eigenvalue weighted by Crippen LogP contribution is -2.21. The minimum absolute atomic E-state index is 0.0184. The van der Waals surface area contributed by atoms with E-state index < -0.39 is 5.43 Å². The molecule has 0 fully saturated rings. The summed E-state index contributed by atoms with van der Waals surface area (Å²) in [4.78, 5) is 23.5. The van der Waals surface area contributed by atoms with Crippen LogP contribution in [0.1, 0.15) is 24.7 Å². The molecule has 3 aromatic rings. The van der Waals surface area contributed by atoms with Crippen LogP contribution in [-0.2, 0) is 24.5 Å². The SMILES string of the molecule is COc1ccc(-c2ccc(NCc3c(O)c(=O)cc(CO)n3CCC(C)=O)cc2)cc1. The largest absolute Gasteiger partial charge is 0.503 e. The average molecular weight is 422 g/mol. The van der Waals surface area contributed by atoms with Gasteiger partial charge in [-0.25, -0.2) is 0 Å². The highest BCUT2D eigenvalue weighted by atomic mass is 16.5. The molecule has 0 bridgehead atoms. The van der Waals surface area contributed by atoms with Gasteiger partial charge in [0.1, 0.15) is 11.5 Å². The fraction of sp³-hybridized carbons (Fsp3) is 0.250. The molecule has 7 nitrogen and oxygen atoms in total. The summed E-state index contributed by atoms with van der Waals surface area (Å²) in [7, 11) is 1.63. The normalized spacial score (nSPS) is 10.7. The van der Waals surface area contributed by atoms with Gasteiger partial charge in [0.05, 0.1) is 26.0 Å². The Morgan fingerprint density at radius 3 is 2.23 bits per heavy atom. The summed E-state index contributed by atoms with van der Waals surface area (Å²) in [5, 5.41) is 23.2. The van der Waals surface area contributed by atoms with Gasteiger partial charge in [-0.2, -0.15) is 0 Å². The van der Waals surface area contributed by atoms with E-state index in [4.69, 9.17) is 4.74 Å². The van der Waals surface area contributed by atoms with Crippen LogP contribution in [0, 0.1) is 0 Å². The third-order valence-electron chi connectivity index (χ3n) is 5.09. The van der Waals surface area contributed by atoms with Gasteiger partial charge in [0, 0.05) is 30.4 Å². The van der Waals surface area contributed by atoms with Gasteiger partial charge < -0.3 is 24.8 Å². The zero-order valence-corrected chi connectivity index (χ0v) is 17.6. The van der Waals surface area contributed by atoms with Crippen LogP contribution in [0.4, 0.5) is 5.69 Å². The predicted molar refractivity (Wildman–Crippen MR) is 119 cm³/mol. The highest BCUT2D eigenvalue weighted by Gasteiger charge is 2.15. The van der Waals surface area contributed by atoms with E-state index >= 15 is 0 Å². The molecule has 0 aliphatic rings. The van der Waals surface area contributed by atoms with Crippen molar-refractivity contribution in [3.8, 4) is 22.6 Å². The molecule has 0 amide bonds. The molecule has 2 aromatic carbocycles. The lowest BCUT2D eigenvalue weighted by atomic mass is 10.1. The number of aliphatic hydroxyl groups excluding tert-OH is 1. The number of aromatic hydroxyl groups is 1. The number of Topliss-reactive ketones (excluding diaryl/α,β-unsaturated/α-hetero) is 1. The third kappa shape index (κ3) is 5.32. The Hall–Kier alpha value is -3.58. The number of nitrogens with one attached hydrogen (secondary N) is 1. The van der Waals surface area contributed by atoms with Gasteiger partial charge in [0.25, 0.3) is 0 Å². The number of aromatic nitrogens is 1. The number of carbonyl (C=O) groups excluding carboxylic acids is 1. The number of aliphatic hydroxyl groups is 1. The minimum atomic E-state index is -0.560. The van der Waals surface area contributed by atoms with Crippen molar-refractivity contribution in [3.05, 3.63) is 76.2 Å². The number of ether oxygens (including phenoxy) is 1. The number of hydrogen-bond acceptors (Lipinski definition) is 6. The lowest BCUT2D eigenvalue weighted by molar-refractivity contribution is -0.117. The van der Waals surface area contributed by atoms with Gasteiger partial charge in [-0.3, -0.25) is 9.59 Å². The summed E-state index contributed by atoms with van der Waals surface area (Å²) in [5.41, 5.74) is 3.02. The zero-order valence-electron chi connectivity index (χ0n) is 17.6. The van der Waals surface area contributed by atoms with E-state index in [-0.39, 0.29) is 37.6 Å². The molecule has 0 aliphatic carbocycles. The summed E-state index contributed by atoms with van der Waals surface area (Å²) < 4.78 is 6.81. The second-order valence-corrected chi connectivity index (χ2v) is 7.22. The molecule has 0 unspecified atom stereocenters. The van der Waals surface area contributed by atoms with Crippen molar-refractivity contribution >= 4 is 11.5 Å². The molecule has 162 valence electrons. The van der Waals surface area contributed by atoms with E-state index in [0.717, 1.165) is 22.6 Å². The molecule has 0 atom stereocenters. The van der Waals surface area contributed by atoms with Crippen molar-refractivity contribution in [2.24, 2.45) is 0 Å². The van der Waals surface area contributed by atoms with Gasteiger partial charge in [-0.05, 0) is 42.3 Å². The van der Waals surface area contributed by atoms with E-state index in [1.165, 1.54) is 13.0 Å². The monoisotopic (exact) mass is 422 g/mol. The number of rotatable bonds is 9. The molecule has 7 heteroatoms. The smallest absolute Gasteiger partial charge is 0.223 e. The number of pyridine rings is 1. The summed E-state index contributed by atoms with van der Waals surface area (Å²) in [6, 6.07) is 16.7. The second-order valence-electron chi connectivity index (χ2n) is 7.22. The van der Waals surface area contributed by atoms with E-state index in [1.807, 2.05) is 48.5 Å². The van der Waals surface area contributed by atoms with Crippen molar-refractivity contribution in [1.29, 1.82) is 0 Å². The van der Waals surface area contributed by atoms with Crippen LogP contribution in [0.3, 0.4) is 0 Å². The van der Waals surface area contributed by atoms with Crippen LogP contribution in [0.5, 0.6) is 11.5 Å². The fourth-order valence-electron chi connectivity index (χ4n) is 3.35. The predicted octanol–water partition coefficient (Wildman–Crippen LogP) is 3.31. The zero-order chi connectivity index (χ0) is 22.4. The minimum Gasteiger partial charge on any atom is -0.503 e. The molecule has 0 aliphatic heterocycles. The number of benzene rings is 2. The van der Waals surface area contributed by atoms with Gasteiger partial charge in [0.2, 0.25) is 5.43 Å². The van der Waals surface area contributed by atoms with Crippen LogP contribution in [0.25, 0.3) is 11.1 Å².